The molecule has 1 aromatic rings. The molecule has 0 aliphatic carbocycles. The maximum absolute atomic E-state index is 6.13. The lowest BCUT2D eigenvalue weighted by molar-refractivity contribution is -0.337. The number of methoxy groups -OCH3 is 1. The van der Waals surface area contributed by atoms with Crippen molar-refractivity contribution in [2.75, 3.05) is 19.0 Å². The second-order valence-corrected chi connectivity index (χ2v) is 5.08. The first-order valence-corrected chi connectivity index (χ1v) is 6.87. The number of benzene rings is 1. The van der Waals surface area contributed by atoms with E-state index in [1.165, 1.54) is 7.11 Å². The van der Waals surface area contributed by atoms with Gasteiger partial charge in [0.25, 0.3) is 0 Å². The molecule has 0 N–H and O–H groups in total. The summed E-state index contributed by atoms with van der Waals surface area (Å²) in [5.74, 6) is -1.24. The number of halogens is 3. The monoisotopic (exact) mass is 340 g/mol. The Morgan fingerprint density at radius 2 is 2.29 bits per heavy atom. The molecular formula is C11H11BrCl2O3. The Balaban J connectivity index is 2.35. The zero-order valence-electron chi connectivity index (χ0n) is 9.08. The quantitative estimate of drug-likeness (QED) is 0.787. The molecule has 2 rings (SSSR count). The molecule has 94 valence electrons. The zero-order chi connectivity index (χ0) is 12.5. The lowest BCUT2D eigenvalue weighted by atomic mass is 10.2. The van der Waals surface area contributed by atoms with E-state index in [9.17, 15) is 0 Å². The van der Waals surface area contributed by atoms with Crippen LogP contribution >= 0.6 is 39.1 Å². The maximum Gasteiger partial charge on any atom is 0.313 e. The Morgan fingerprint density at radius 3 is 2.82 bits per heavy atom. The van der Waals surface area contributed by atoms with Gasteiger partial charge in [0.05, 0.1) is 23.3 Å². The molecule has 0 saturated carbocycles. The Hall–Kier alpha value is 0.160. The molecule has 2 unspecified atom stereocenters. The Bertz CT molecular complexity index is 416. The van der Waals surface area contributed by atoms with Crippen LogP contribution in [-0.4, -0.2) is 25.2 Å². The van der Waals surface area contributed by atoms with E-state index in [-0.39, 0.29) is 6.10 Å². The minimum Gasteiger partial charge on any atom is -0.327 e. The van der Waals surface area contributed by atoms with Gasteiger partial charge in [0, 0.05) is 17.5 Å². The predicted molar refractivity (Wildman–Crippen MR) is 69.8 cm³/mol. The molecular weight excluding hydrogens is 331 g/mol. The van der Waals surface area contributed by atoms with Crippen LogP contribution in [0.1, 0.15) is 5.56 Å². The van der Waals surface area contributed by atoms with E-state index in [1.54, 1.807) is 18.2 Å². The third-order valence-corrected chi connectivity index (χ3v) is 3.75. The summed E-state index contributed by atoms with van der Waals surface area (Å²) in [4.78, 5) is 0. The van der Waals surface area contributed by atoms with Crippen LogP contribution in [0.25, 0.3) is 0 Å². The van der Waals surface area contributed by atoms with Crippen LogP contribution in [0, 0.1) is 0 Å². The summed E-state index contributed by atoms with van der Waals surface area (Å²) >= 11 is 15.3. The fraction of sp³-hybridized carbons (Fsp3) is 0.455. The van der Waals surface area contributed by atoms with E-state index in [0.717, 1.165) is 0 Å². The Morgan fingerprint density at radius 1 is 1.53 bits per heavy atom. The van der Waals surface area contributed by atoms with E-state index in [0.29, 0.717) is 27.5 Å². The molecule has 1 heterocycles. The number of hydrogen-bond donors (Lipinski definition) is 0. The van der Waals surface area contributed by atoms with Gasteiger partial charge < -0.3 is 14.2 Å². The maximum atomic E-state index is 6.13. The van der Waals surface area contributed by atoms with E-state index in [1.807, 2.05) is 0 Å². The van der Waals surface area contributed by atoms with Crippen LogP contribution in [-0.2, 0) is 20.2 Å². The van der Waals surface area contributed by atoms with E-state index in [4.69, 9.17) is 37.4 Å². The topological polar surface area (TPSA) is 27.7 Å². The van der Waals surface area contributed by atoms with Gasteiger partial charge >= 0.3 is 5.97 Å². The third kappa shape index (κ3) is 2.62. The van der Waals surface area contributed by atoms with E-state index < -0.39 is 5.97 Å². The summed E-state index contributed by atoms with van der Waals surface area (Å²) in [5, 5.41) is 1.68. The van der Waals surface area contributed by atoms with Crippen molar-refractivity contribution in [1.82, 2.24) is 0 Å². The first-order valence-electron chi connectivity index (χ1n) is 4.99. The minimum absolute atomic E-state index is 0.0679. The summed E-state index contributed by atoms with van der Waals surface area (Å²) < 4.78 is 16.7. The fourth-order valence-corrected chi connectivity index (χ4v) is 2.51. The molecule has 17 heavy (non-hydrogen) atoms. The summed E-state index contributed by atoms with van der Waals surface area (Å²) in [6.07, 6.45) is -0.0679. The highest BCUT2D eigenvalue weighted by molar-refractivity contribution is 9.09. The average molecular weight is 342 g/mol. The standard InChI is InChI=1S/C11H11BrCl2O3/c1-15-11(16-6-8(5-12)17-11)9-3-2-7(13)4-10(9)14/h2-4,8H,5-6H2,1H3. The van der Waals surface area contributed by atoms with Crippen LogP contribution in [0.4, 0.5) is 0 Å². The number of alkyl halides is 1. The van der Waals surface area contributed by atoms with Crippen molar-refractivity contribution in [2.45, 2.75) is 12.1 Å². The van der Waals surface area contributed by atoms with Crippen LogP contribution in [0.3, 0.4) is 0 Å². The average Bonchev–Trinajstić information content (AvgIpc) is 2.74. The lowest BCUT2D eigenvalue weighted by Crippen LogP contribution is -2.31. The highest BCUT2D eigenvalue weighted by Crippen LogP contribution is 2.39. The van der Waals surface area contributed by atoms with Crippen LogP contribution in [0.2, 0.25) is 10.0 Å². The van der Waals surface area contributed by atoms with Gasteiger partial charge in [-0.25, -0.2) is 0 Å². The van der Waals surface area contributed by atoms with Crippen molar-refractivity contribution in [3.05, 3.63) is 33.8 Å². The Kier molecular flexibility index (Phi) is 4.34. The summed E-state index contributed by atoms with van der Waals surface area (Å²) in [7, 11) is 1.52. The molecule has 2 atom stereocenters. The van der Waals surface area contributed by atoms with E-state index in [2.05, 4.69) is 15.9 Å². The lowest BCUT2D eigenvalue weighted by Gasteiger charge is -2.27. The molecule has 0 amide bonds. The van der Waals surface area contributed by atoms with Crippen molar-refractivity contribution in [2.24, 2.45) is 0 Å². The molecule has 0 aromatic heterocycles. The van der Waals surface area contributed by atoms with Crippen molar-refractivity contribution in [3.63, 3.8) is 0 Å². The van der Waals surface area contributed by atoms with Gasteiger partial charge in [0.15, 0.2) is 0 Å². The van der Waals surface area contributed by atoms with Crippen molar-refractivity contribution in [3.8, 4) is 0 Å². The molecule has 3 nitrogen and oxygen atoms in total. The first-order chi connectivity index (χ1) is 8.11. The molecule has 1 saturated heterocycles. The molecule has 1 aromatic carbocycles. The van der Waals surface area contributed by atoms with Gasteiger partial charge in [0.1, 0.15) is 0 Å². The van der Waals surface area contributed by atoms with Gasteiger partial charge in [-0.3, -0.25) is 0 Å². The van der Waals surface area contributed by atoms with Gasteiger partial charge in [-0.05, 0) is 18.2 Å². The second-order valence-electron chi connectivity index (χ2n) is 3.59. The molecule has 6 heteroatoms. The normalized spacial score (nSPS) is 28.6. The van der Waals surface area contributed by atoms with Crippen molar-refractivity contribution < 1.29 is 14.2 Å². The SMILES string of the molecule is COC1(c2ccc(Cl)cc2Cl)OCC(CBr)O1. The third-order valence-electron chi connectivity index (χ3n) is 2.48. The van der Waals surface area contributed by atoms with Gasteiger partial charge in [-0.2, -0.15) is 0 Å². The number of hydrogen-bond acceptors (Lipinski definition) is 3. The smallest absolute Gasteiger partial charge is 0.313 e. The predicted octanol–water partition coefficient (Wildman–Crippen LogP) is 3.56. The zero-order valence-corrected chi connectivity index (χ0v) is 12.2. The first kappa shape index (κ1) is 13.6. The van der Waals surface area contributed by atoms with Crippen molar-refractivity contribution in [1.29, 1.82) is 0 Å². The fourth-order valence-electron chi connectivity index (χ4n) is 1.66. The summed E-state index contributed by atoms with van der Waals surface area (Å²) in [6, 6.07) is 5.09. The number of ether oxygens (including phenoxy) is 3. The molecule has 0 radical (unpaired) electrons. The van der Waals surface area contributed by atoms with E-state index >= 15 is 0 Å². The van der Waals surface area contributed by atoms with Crippen LogP contribution in [0.15, 0.2) is 18.2 Å². The second kappa shape index (κ2) is 5.43. The van der Waals surface area contributed by atoms with Crippen LogP contribution < -0.4 is 0 Å². The van der Waals surface area contributed by atoms with Crippen LogP contribution in [0.5, 0.6) is 0 Å². The van der Waals surface area contributed by atoms with Gasteiger partial charge in [-0.1, -0.05) is 39.1 Å². The molecule has 0 bridgehead atoms. The largest absolute Gasteiger partial charge is 0.327 e. The molecule has 1 fully saturated rings. The highest BCUT2D eigenvalue weighted by atomic mass is 79.9. The number of rotatable bonds is 3. The Labute approximate surface area is 118 Å². The molecule has 1 aliphatic heterocycles. The van der Waals surface area contributed by atoms with Gasteiger partial charge in [0.2, 0.25) is 0 Å². The molecule has 0 spiro atoms. The minimum atomic E-state index is -1.24. The summed E-state index contributed by atoms with van der Waals surface area (Å²) in [6.45, 7) is 0.443. The molecule has 1 aliphatic rings. The summed E-state index contributed by atoms with van der Waals surface area (Å²) in [5.41, 5.74) is 0.620. The van der Waals surface area contributed by atoms with Crippen molar-refractivity contribution >= 4 is 39.1 Å². The van der Waals surface area contributed by atoms with Gasteiger partial charge in [-0.15, -0.1) is 0 Å². The highest BCUT2D eigenvalue weighted by Gasteiger charge is 2.45.